The van der Waals surface area contributed by atoms with E-state index in [2.05, 4.69) is 16.0 Å². The van der Waals surface area contributed by atoms with Crippen LogP contribution in [-0.2, 0) is 4.79 Å². The van der Waals surface area contributed by atoms with Crippen LogP contribution in [0, 0.1) is 6.92 Å². The van der Waals surface area contributed by atoms with Crippen molar-refractivity contribution < 1.29 is 14.4 Å². The molecule has 0 unspecified atom stereocenters. The number of benzene rings is 3. The Bertz CT molecular complexity index is 1040. The van der Waals surface area contributed by atoms with Gasteiger partial charge in [-0.25, -0.2) is 0 Å². The third kappa shape index (κ3) is 5.29. The molecule has 6 nitrogen and oxygen atoms in total. The number of hydrogen-bond donors (Lipinski definition) is 3. The van der Waals surface area contributed by atoms with Crippen LogP contribution >= 0.6 is 0 Å². The summed E-state index contributed by atoms with van der Waals surface area (Å²) in [5.74, 6) is -0.804. The van der Waals surface area contributed by atoms with E-state index in [0.29, 0.717) is 28.2 Å². The van der Waals surface area contributed by atoms with Gasteiger partial charge in [0.05, 0.1) is 11.3 Å². The molecule has 0 bridgehead atoms. The fourth-order valence-corrected chi connectivity index (χ4v) is 2.73. The number of amides is 3. The van der Waals surface area contributed by atoms with Crippen LogP contribution in [0.15, 0.2) is 72.8 Å². The number of para-hydroxylation sites is 1. The van der Waals surface area contributed by atoms with E-state index in [0.717, 1.165) is 5.56 Å². The summed E-state index contributed by atoms with van der Waals surface area (Å²) in [5, 5.41) is 8.26. The van der Waals surface area contributed by atoms with E-state index in [1.807, 2.05) is 19.1 Å². The van der Waals surface area contributed by atoms with E-state index in [1.165, 1.54) is 6.92 Å². The van der Waals surface area contributed by atoms with Gasteiger partial charge in [-0.15, -0.1) is 0 Å². The second-order valence-corrected chi connectivity index (χ2v) is 6.58. The monoisotopic (exact) mass is 387 g/mol. The normalized spacial score (nSPS) is 10.1. The standard InChI is InChI=1S/C23H21N3O3/c1-15-7-9-17(10-8-15)22(28)26-21-6-4-3-5-20(21)23(29)25-19-13-11-18(12-14-19)24-16(2)27/h3-14H,1-2H3,(H,24,27)(H,25,29)(H,26,28). The molecule has 6 heteroatoms. The molecule has 146 valence electrons. The number of anilines is 3. The van der Waals surface area contributed by atoms with Gasteiger partial charge in [0.2, 0.25) is 5.91 Å². The number of aryl methyl sites for hydroxylation is 1. The molecule has 0 aliphatic carbocycles. The van der Waals surface area contributed by atoms with Crippen LogP contribution in [0.1, 0.15) is 33.2 Å². The Balaban J connectivity index is 1.73. The van der Waals surface area contributed by atoms with E-state index in [9.17, 15) is 14.4 Å². The fraction of sp³-hybridized carbons (Fsp3) is 0.0870. The van der Waals surface area contributed by atoms with Crippen LogP contribution < -0.4 is 16.0 Å². The van der Waals surface area contributed by atoms with E-state index in [1.54, 1.807) is 60.7 Å². The van der Waals surface area contributed by atoms with Crippen molar-refractivity contribution in [2.45, 2.75) is 13.8 Å². The maximum absolute atomic E-state index is 12.7. The summed E-state index contributed by atoms with van der Waals surface area (Å²) in [6.45, 7) is 3.38. The molecule has 0 saturated carbocycles. The van der Waals surface area contributed by atoms with Gasteiger partial charge in [-0.1, -0.05) is 29.8 Å². The van der Waals surface area contributed by atoms with Gasteiger partial charge in [0.15, 0.2) is 0 Å². The topological polar surface area (TPSA) is 87.3 Å². The number of rotatable bonds is 5. The van der Waals surface area contributed by atoms with Gasteiger partial charge < -0.3 is 16.0 Å². The lowest BCUT2D eigenvalue weighted by atomic mass is 10.1. The van der Waals surface area contributed by atoms with Crippen LogP contribution in [0.5, 0.6) is 0 Å². The molecule has 0 aliphatic rings. The Morgan fingerprint density at radius 2 is 1.24 bits per heavy atom. The van der Waals surface area contributed by atoms with Crippen LogP contribution in [0.4, 0.5) is 17.1 Å². The highest BCUT2D eigenvalue weighted by Crippen LogP contribution is 2.20. The number of carbonyl (C=O) groups excluding carboxylic acids is 3. The quantitative estimate of drug-likeness (QED) is 0.604. The van der Waals surface area contributed by atoms with Crippen LogP contribution in [-0.4, -0.2) is 17.7 Å². The first-order valence-corrected chi connectivity index (χ1v) is 9.08. The summed E-state index contributed by atoms with van der Waals surface area (Å²) < 4.78 is 0. The first-order chi connectivity index (χ1) is 13.9. The van der Waals surface area contributed by atoms with Crippen molar-refractivity contribution in [3.05, 3.63) is 89.5 Å². The molecular weight excluding hydrogens is 366 g/mol. The van der Waals surface area contributed by atoms with Gasteiger partial charge in [0.1, 0.15) is 0 Å². The lowest BCUT2D eigenvalue weighted by molar-refractivity contribution is -0.114. The molecule has 0 spiro atoms. The maximum atomic E-state index is 12.7. The summed E-state index contributed by atoms with van der Waals surface area (Å²) in [7, 11) is 0. The lowest BCUT2D eigenvalue weighted by Gasteiger charge is -2.12. The second-order valence-electron chi connectivity index (χ2n) is 6.58. The van der Waals surface area contributed by atoms with Crippen molar-refractivity contribution in [1.29, 1.82) is 0 Å². The molecule has 3 amide bonds. The van der Waals surface area contributed by atoms with Gasteiger partial charge in [-0.2, -0.15) is 0 Å². The predicted molar refractivity (Wildman–Crippen MR) is 114 cm³/mol. The molecule has 0 aliphatic heterocycles. The Hall–Kier alpha value is -3.93. The zero-order valence-electron chi connectivity index (χ0n) is 16.2. The largest absolute Gasteiger partial charge is 0.326 e. The van der Waals surface area contributed by atoms with Gasteiger partial charge in [0, 0.05) is 23.9 Å². The molecule has 3 N–H and O–H groups in total. The molecule has 0 fully saturated rings. The van der Waals surface area contributed by atoms with Crippen molar-refractivity contribution in [1.82, 2.24) is 0 Å². The van der Waals surface area contributed by atoms with Crippen LogP contribution in [0.3, 0.4) is 0 Å². The zero-order chi connectivity index (χ0) is 20.8. The minimum Gasteiger partial charge on any atom is -0.326 e. The van der Waals surface area contributed by atoms with Gasteiger partial charge in [-0.3, -0.25) is 14.4 Å². The summed E-state index contributed by atoms with van der Waals surface area (Å²) in [6.07, 6.45) is 0. The van der Waals surface area contributed by atoms with E-state index in [-0.39, 0.29) is 17.7 Å². The SMILES string of the molecule is CC(=O)Nc1ccc(NC(=O)c2ccccc2NC(=O)c2ccc(C)cc2)cc1. The second kappa shape index (κ2) is 8.84. The smallest absolute Gasteiger partial charge is 0.257 e. The Kier molecular flexibility index (Phi) is 6.04. The number of hydrogen-bond acceptors (Lipinski definition) is 3. The average molecular weight is 387 g/mol. The van der Waals surface area contributed by atoms with Gasteiger partial charge in [-0.05, 0) is 55.5 Å². The summed E-state index contributed by atoms with van der Waals surface area (Å²) in [5.41, 5.74) is 3.56. The molecule has 0 heterocycles. The first-order valence-electron chi connectivity index (χ1n) is 9.08. The molecule has 29 heavy (non-hydrogen) atoms. The zero-order valence-corrected chi connectivity index (χ0v) is 16.2. The highest BCUT2D eigenvalue weighted by atomic mass is 16.2. The van der Waals surface area contributed by atoms with E-state index in [4.69, 9.17) is 0 Å². The van der Waals surface area contributed by atoms with Crippen molar-refractivity contribution in [3.63, 3.8) is 0 Å². The number of carbonyl (C=O) groups is 3. The summed E-state index contributed by atoms with van der Waals surface area (Å²) >= 11 is 0. The lowest BCUT2D eigenvalue weighted by Crippen LogP contribution is -2.18. The van der Waals surface area contributed by atoms with Gasteiger partial charge >= 0.3 is 0 Å². The Morgan fingerprint density at radius 1 is 0.655 bits per heavy atom. The third-order valence-corrected chi connectivity index (χ3v) is 4.20. The third-order valence-electron chi connectivity index (χ3n) is 4.20. The molecule has 3 aromatic carbocycles. The predicted octanol–water partition coefficient (Wildman–Crippen LogP) is 4.46. The maximum Gasteiger partial charge on any atom is 0.257 e. The summed E-state index contributed by atoms with van der Waals surface area (Å²) in [6, 6.07) is 20.8. The highest BCUT2D eigenvalue weighted by Gasteiger charge is 2.14. The van der Waals surface area contributed by atoms with Crippen molar-refractivity contribution in [2.75, 3.05) is 16.0 Å². The van der Waals surface area contributed by atoms with E-state index < -0.39 is 0 Å². The molecule has 0 radical (unpaired) electrons. The Morgan fingerprint density at radius 3 is 1.86 bits per heavy atom. The van der Waals surface area contributed by atoms with Crippen LogP contribution in [0.2, 0.25) is 0 Å². The molecule has 3 aromatic rings. The minimum atomic E-state index is -0.350. The fourth-order valence-electron chi connectivity index (χ4n) is 2.73. The van der Waals surface area contributed by atoms with Crippen molar-refractivity contribution in [3.8, 4) is 0 Å². The number of nitrogens with one attached hydrogen (secondary N) is 3. The van der Waals surface area contributed by atoms with Gasteiger partial charge in [0.25, 0.3) is 11.8 Å². The van der Waals surface area contributed by atoms with Crippen molar-refractivity contribution >= 4 is 34.8 Å². The summed E-state index contributed by atoms with van der Waals surface area (Å²) in [4.78, 5) is 36.3. The van der Waals surface area contributed by atoms with Crippen LogP contribution in [0.25, 0.3) is 0 Å². The Labute approximate surface area is 169 Å². The molecule has 0 saturated heterocycles. The molecular formula is C23H21N3O3. The minimum absolute atomic E-state index is 0.167. The highest BCUT2D eigenvalue weighted by molar-refractivity contribution is 6.12. The van der Waals surface area contributed by atoms with Crippen molar-refractivity contribution in [2.24, 2.45) is 0 Å². The first kappa shape index (κ1) is 19.8. The molecule has 0 aromatic heterocycles. The molecule has 0 atom stereocenters. The average Bonchev–Trinajstić information content (AvgIpc) is 2.70. The molecule has 3 rings (SSSR count). The van der Waals surface area contributed by atoms with E-state index >= 15 is 0 Å².